The van der Waals surface area contributed by atoms with Crippen LogP contribution >= 0.6 is 27.7 Å². The lowest BCUT2D eigenvalue weighted by Gasteiger charge is -2.14. The maximum atomic E-state index is 10.0. The van der Waals surface area contributed by atoms with Crippen LogP contribution in [0.4, 0.5) is 0 Å². The molecule has 2 nitrogen and oxygen atoms in total. The van der Waals surface area contributed by atoms with Crippen LogP contribution in [-0.2, 0) is 0 Å². The number of thioether (sulfide) groups is 1. The zero-order valence-corrected chi connectivity index (χ0v) is 12.1. The summed E-state index contributed by atoms with van der Waals surface area (Å²) in [5.74, 6) is 3.34. The second-order valence-corrected chi connectivity index (χ2v) is 6.52. The number of hydrogen-bond acceptors (Lipinski definition) is 3. The predicted molar refractivity (Wildman–Crippen MR) is 77.4 cm³/mol. The first-order chi connectivity index (χ1) is 8.25. The van der Waals surface area contributed by atoms with Crippen molar-refractivity contribution in [3.63, 3.8) is 0 Å². The average Bonchev–Trinajstić information content (AvgIpc) is 2.82. The lowest BCUT2D eigenvalue weighted by atomic mass is 10.1. The van der Waals surface area contributed by atoms with E-state index in [1.807, 2.05) is 36.0 Å². The third-order valence-electron chi connectivity index (χ3n) is 3.03. The molecule has 1 fully saturated rings. The van der Waals surface area contributed by atoms with Gasteiger partial charge in [-0.3, -0.25) is 0 Å². The fraction of sp³-hybridized carbons (Fsp3) is 0.538. The summed E-state index contributed by atoms with van der Waals surface area (Å²) in [4.78, 5) is 0. The van der Waals surface area contributed by atoms with E-state index in [4.69, 9.17) is 0 Å². The number of hydrogen-bond donors (Lipinski definition) is 2. The Kier molecular flexibility index (Phi) is 5.35. The second-order valence-electron chi connectivity index (χ2n) is 4.46. The van der Waals surface area contributed by atoms with Crippen molar-refractivity contribution in [2.24, 2.45) is 5.92 Å². The van der Waals surface area contributed by atoms with Crippen LogP contribution in [-0.4, -0.2) is 29.7 Å². The number of aliphatic hydroxyl groups is 1. The molecule has 0 bridgehead atoms. The van der Waals surface area contributed by atoms with Crippen molar-refractivity contribution in [2.75, 3.05) is 24.6 Å². The molecule has 0 spiro atoms. The average molecular weight is 316 g/mol. The van der Waals surface area contributed by atoms with Gasteiger partial charge in [-0.25, -0.2) is 0 Å². The van der Waals surface area contributed by atoms with E-state index in [1.54, 1.807) is 0 Å². The highest BCUT2D eigenvalue weighted by atomic mass is 79.9. The molecule has 1 saturated heterocycles. The lowest BCUT2D eigenvalue weighted by Crippen LogP contribution is -2.27. The second kappa shape index (κ2) is 6.78. The Morgan fingerprint density at radius 1 is 1.53 bits per heavy atom. The SMILES string of the molecule is OC(CNCC1CCSC1)c1cccc(Br)c1. The van der Waals surface area contributed by atoms with Crippen LogP contribution in [0.15, 0.2) is 28.7 Å². The van der Waals surface area contributed by atoms with E-state index >= 15 is 0 Å². The van der Waals surface area contributed by atoms with Crippen molar-refractivity contribution in [3.05, 3.63) is 34.3 Å². The molecule has 0 saturated carbocycles. The van der Waals surface area contributed by atoms with Gasteiger partial charge in [0.05, 0.1) is 6.10 Å². The van der Waals surface area contributed by atoms with Gasteiger partial charge in [-0.1, -0.05) is 28.1 Å². The molecular weight excluding hydrogens is 298 g/mol. The Morgan fingerprint density at radius 2 is 2.41 bits per heavy atom. The lowest BCUT2D eigenvalue weighted by molar-refractivity contribution is 0.173. The van der Waals surface area contributed by atoms with Crippen molar-refractivity contribution in [1.29, 1.82) is 0 Å². The van der Waals surface area contributed by atoms with Crippen LogP contribution < -0.4 is 5.32 Å². The van der Waals surface area contributed by atoms with Crippen LogP contribution in [0.1, 0.15) is 18.1 Å². The Labute approximate surface area is 115 Å². The number of aliphatic hydroxyl groups excluding tert-OH is 1. The fourth-order valence-electron chi connectivity index (χ4n) is 2.00. The molecule has 2 rings (SSSR count). The summed E-state index contributed by atoms with van der Waals surface area (Å²) >= 11 is 5.45. The van der Waals surface area contributed by atoms with E-state index in [1.165, 1.54) is 17.9 Å². The zero-order valence-electron chi connectivity index (χ0n) is 9.73. The monoisotopic (exact) mass is 315 g/mol. The molecule has 0 radical (unpaired) electrons. The molecule has 2 unspecified atom stereocenters. The van der Waals surface area contributed by atoms with Crippen molar-refractivity contribution in [2.45, 2.75) is 12.5 Å². The fourth-order valence-corrected chi connectivity index (χ4v) is 3.70. The summed E-state index contributed by atoms with van der Waals surface area (Å²) in [6, 6.07) is 7.86. The standard InChI is InChI=1S/C13H18BrNOS/c14-12-3-1-2-11(6-12)13(16)8-15-7-10-4-5-17-9-10/h1-3,6,10,13,15-16H,4-5,7-9H2. The summed E-state index contributed by atoms with van der Waals surface area (Å²) in [6.07, 6.45) is 0.895. The Bertz CT molecular complexity index is 355. The molecule has 0 aliphatic carbocycles. The number of benzene rings is 1. The smallest absolute Gasteiger partial charge is 0.0914 e. The van der Waals surface area contributed by atoms with Crippen LogP contribution in [0, 0.1) is 5.92 Å². The van der Waals surface area contributed by atoms with Crippen molar-refractivity contribution >= 4 is 27.7 Å². The topological polar surface area (TPSA) is 32.3 Å². The largest absolute Gasteiger partial charge is 0.387 e. The molecular formula is C13H18BrNOS. The van der Waals surface area contributed by atoms with Gasteiger partial charge in [-0.15, -0.1) is 0 Å². The summed E-state index contributed by atoms with van der Waals surface area (Å²) < 4.78 is 1.02. The predicted octanol–water partition coefficient (Wildman–Crippen LogP) is 2.83. The van der Waals surface area contributed by atoms with Crippen LogP contribution in [0.5, 0.6) is 0 Å². The van der Waals surface area contributed by atoms with Gasteiger partial charge in [0, 0.05) is 11.0 Å². The molecule has 0 amide bonds. The molecule has 1 aromatic carbocycles. The summed E-state index contributed by atoms with van der Waals surface area (Å²) in [5, 5.41) is 13.4. The summed E-state index contributed by atoms with van der Waals surface area (Å²) in [6.45, 7) is 1.66. The highest BCUT2D eigenvalue weighted by Gasteiger charge is 2.15. The van der Waals surface area contributed by atoms with Crippen LogP contribution in [0.25, 0.3) is 0 Å². The minimum Gasteiger partial charge on any atom is -0.387 e. The molecule has 17 heavy (non-hydrogen) atoms. The van der Waals surface area contributed by atoms with E-state index in [9.17, 15) is 5.11 Å². The van der Waals surface area contributed by atoms with Crippen molar-refractivity contribution in [3.8, 4) is 0 Å². The van der Waals surface area contributed by atoms with Gasteiger partial charge < -0.3 is 10.4 Å². The molecule has 0 aromatic heterocycles. The maximum absolute atomic E-state index is 10.0. The van der Waals surface area contributed by atoms with E-state index in [-0.39, 0.29) is 0 Å². The van der Waals surface area contributed by atoms with Crippen LogP contribution in [0.3, 0.4) is 0 Å². The quantitative estimate of drug-likeness (QED) is 0.876. The summed E-state index contributed by atoms with van der Waals surface area (Å²) in [5.41, 5.74) is 0.965. The van der Waals surface area contributed by atoms with Crippen molar-refractivity contribution < 1.29 is 5.11 Å². The zero-order chi connectivity index (χ0) is 12.1. The highest BCUT2D eigenvalue weighted by molar-refractivity contribution is 9.10. The Morgan fingerprint density at radius 3 is 3.12 bits per heavy atom. The van der Waals surface area contributed by atoms with Gasteiger partial charge >= 0.3 is 0 Å². The third-order valence-corrected chi connectivity index (χ3v) is 4.75. The first-order valence-electron chi connectivity index (χ1n) is 5.97. The number of rotatable bonds is 5. The van der Waals surface area contributed by atoms with Gasteiger partial charge in [-0.05, 0) is 48.1 Å². The maximum Gasteiger partial charge on any atom is 0.0914 e. The number of nitrogens with one attached hydrogen (secondary N) is 1. The molecule has 4 heteroatoms. The Balaban J connectivity index is 1.74. The van der Waals surface area contributed by atoms with E-state index < -0.39 is 6.10 Å². The molecule has 1 heterocycles. The molecule has 1 aliphatic rings. The normalized spacial score (nSPS) is 21.6. The van der Waals surface area contributed by atoms with E-state index in [2.05, 4.69) is 21.2 Å². The molecule has 2 atom stereocenters. The van der Waals surface area contributed by atoms with Crippen molar-refractivity contribution in [1.82, 2.24) is 5.32 Å². The highest BCUT2D eigenvalue weighted by Crippen LogP contribution is 2.23. The molecule has 2 N–H and O–H groups in total. The van der Waals surface area contributed by atoms with E-state index in [0.717, 1.165) is 22.5 Å². The molecule has 1 aromatic rings. The first-order valence-corrected chi connectivity index (χ1v) is 7.92. The molecule has 1 aliphatic heterocycles. The summed E-state index contributed by atoms with van der Waals surface area (Å²) in [7, 11) is 0. The van der Waals surface area contributed by atoms with Crippen LogP contribution in [0.2, 0.25) is 0 Å². The first kappa shape index (κ1) is 13.4. The van der Waals surface area contributed by atoms with Gasteiger partial charge in [-0.2, -0.15) is 11.8 Å². The number of halogens is 1. The van der Waals surface area contributed by atoms with Gasteiger partial charge in [0.1, 0.15) is 0 Å². The Hall–Kier alpha value is -0.0300. The minimum absolute atomic E-state index is 0.415. The van der Waals surface area contributed by atoms with Gasteiger partial charge in [0.2, 0.25) is 0 Å². The van der Waals surface area contributed by atoms with Gasteiger partial charge in [0.15, 0.2) is 0 Å². The van der Waals surface area contributed by atoms with Gasteiger partial charge in [0.25, 0.3) is 0 Å². The van der Waals surface area contributed by atoms with E-state index in [0.29, 0.717) is 6.54 Å². The third kappa shape index (κ3) is 4.28. The molecule has 94 valence electrons. The minimum atomic E-state index is -0.415.